The number of hydrogen-bond donors (Lipinski definition) is 2. The maximum absolute atomic E-state index is 5.50. The van der Waals surface area contributed by atoms with Crippen LogP contribution >= 0.6 is 9.90 Å². The fourth-order valence-corrected chi connectivity index (χ4v) is 0. The molecule has 4 heteroatoms. The second-order valence-corrected chi connectivity index (χ2v) is 0.112. The highest BCUT2D eigenvalue weighted by Crippen LogP contribution is 0.861. The highest BCUT2D eigenvalue weighted by molar-refractivity contribution is 6.92. The van der Waals surface area contributed by atoms with Gasteiger partial charge in [-0.2, -0.15) is 9.90 Å². The standard InChI is InChI=1S/H2N3.H3P/c1-3-2;/h1-2H;1H3/q+1;. The van der Waals surface area contributed by atoms with Crippen molar-refractivity contribution < 1.29 is 0 Å². The van der Waals surface area contributed by atoms with Crippen LogP contribution in [-0.2, 0) is 0 Å². The van der Waals surface area contributed by atoms with Gasteiger partial charge in [-0.15, -0.1) is 0 Å². The maximum Gasteiger partial charge on any atom is 0.211 e. The highest BCUT2D eigenvalue weighted by Gasteiger charge is 1.16. The van der Waals surface area contributed by atoms with Crippen molar-refractivity contribution in [1.82, 2.24) is 4.91 Å². The van der Waals surface area contributed by atoms with E-state index in [9.17, 15) is 0 Å². The second kappa shape index (κ2) is 15.1. The third-order valence-electron chi connectivity index (χ3n) is 0. The predicted octanol–water partition coefficient (Wildman–Crippen LogP) is 0.174. The summed E-state index contributed by atoms with van der Waals surface area (Å²) in [5, 5.41) is 0. The van der Waals surface area contributed by atoms with Gasteiger partial charge in [-0.05, 0) is 0 Å². The molecule has 0 radical (unpaired) electrons. The van der Waals surface area contributed by atoms with Gasteiger partial charge in [0.05, 0.1) is 0 Å². The monoisotopic (exact) mass is 78.0 g/mol. The van der Waals surface area contributed by atoms with Gasteiger partial charge in [0.25, 0.3) is 0 Å². The number of rotatable bonds is 0. The van der Waals surface area contributed by atoms with Crippen molar-refractivity contribution in [2.45, 2.75) is 0 Å². The van der Waals surface area contributed by atoms with E-state index in [-0.39, 0.29) is 9.90 Å². The molecule has 0 aromatic heterocycles. The summed E-state index contributed by atoms with van der Waals surface area (Å²) in [6.45, 7) is 0. The predicted molar refractivity (Wildman–Crippen MR) is 18.7 cm³/mol. The molecule has 0 amide bonds. The van der Waals surface area contributed by atoms with Crippen LogP contribution in [0.2, 0.25) is 0 Å². The van der Waals surface area contributed by atoms with Crippen LogP contribution in [0.1, 0.15) is 0 Å². The molecule has 0 saturated carbocycles. The molecule has 0 aliphatic heterocycles. The van der Waals surface area contributed by atoms with Crippen molar-refractivity contribution in [3.63, 3.8) is 0 Å². The smallest absolute Gasteiger partial charge is 0.153 e. The largest absolute Gasteiger partial charge is 0.211 e. The average molecular weight is 78.0 g/mol. The first-order valence-electron chi connectivity index (χ1n) is 0.447. The van der Waals surface area contributed by atoms with Gasteiger partial charge in [0, 0.05) is 0 Å². The third kappa shape index (κ3) is 14.1. The molecule has 1 unspecified atom stereocenters. The molecule has 0 aliphatic rings. The topological polar surface area (TPSA) is 61.8 Å². The van der Waals surface area contributed by atoms with Crippen LogP contribution in [0.15, 0.2) is 0 Å². The molecule has 0 rings (SSSR count). The fourth-order valence-electron chi connectivity index (χ4n) is 0. The van der Waals surface area contributed by atoms with Crippen molar-refractivity contribution in [3.8, 4) is 0 Å². The van der Waals surface area contributed by atoms with Gasteiger partial charge in [0.2, 0.25) is 4.91 Å². The average Bonchev–Trinajstić information content (AvgIpc) is 0.918. The minimum atomic E-state index is 0. The number of nitrogens with zero attached hydrogens (tertiary/aromatic N) is 1. The van der Waals surface area contributed by atoms with Crippen LogP contribution in [0.4, 0.5) is 0 Å². The number of nitrogens with one attached hydrogen (secondary N) is 2. The Morgan fingerprint density at radius 2 is 1.25 bits per heavy atom. The van der Waals surface area contributed by atoms with Crippen LogP contribution in [0.3, 0.4) is 0 Å². The maximum atomic E-state index is 5.50. The molecule has 4 heavy (non-hydrogen) atoms. The summed E-state index contributed by atoms with van der Waals surface area (Å²) in [6, 6.07) is 0. The molecule has 3 nitrogen and oxygen atoms in total. The Kier molecular flexibility index (Phi) is 35.1. The molecule has 0 aromatic carbocycles. The Hall–Kier alpha value is -0.260. The highest BCUT2D eigenvalue weighted by atomic mass is 31.0. The van der Waals surface area contributed by atoms with Gasteiger partial charge in [-0.1, -0.05) is 0 Å². The lowest BCUT2D eigenvalue weighted by Gasteiger charge is -0.844. The normalized spacial score (nSPS) is 2.00. The zero-order valence-corrected chi connectivity index (χ0v) is 3.57. The molecule has 0 heterocycles. The molecular formula is H5N3P+. The molecule has 0 aliphatic carbocycles. The molecular weight excluding hydrogens is 73.0 g/mol. The summed E-state index contributed by atoms with van der Waals surface area (Å²) < 4.78 is 0. The minimum Gasteiger partial charge on any atom is -0.153 e. The zero-order valence-electron chi connectivity index (χ0n) is 2.15. The first-order valence-corrected chi connectivity index (χ1v) is 0.447. The van der Waals surface area contributed by atoms with E-state index in [1.54, 1.807) is 0 Å². The molecule has 1 atom stereocenters. The van der Waals surface area contributed by atoms with Crippen LogP contribution in [0, 0.1) is 11.1 Å². The summed E-state index contributed by atoms with van der Waals surface area (Å²) in [6.07, 6.45) is 0. The van der Waals surface area contributed by atoms with Crippen LogP contribution in [0.25, 0.3) is 0 Å². The zero-order chi connectivity index (χ0) is 2.71. The molecule has 0 spiro atoms. The minimum absolute atomic E-state index is 0. The third-order valence-corrected chi connectivity index (χ3v) is 0. The molecule has 0 fully saturated rings. The quantitative estimate of drug-likeness (QED) is 0.236. The van der Waals surface area contributed by atoms with Gasteiger partial charge in [-0.25, -0.2) is 0 Å². The number of hydrogen-bond acceptors (Lipinski definition) is 2. The van der Waals surface area contributed by atoms with Crippen LogP contribution in [-0.4, -0.2) is 0 Å². The van der Waals surface area contributed by atoms with Gasteiger partial charge < -0.3 is 0 Å². The van der Waals surface area contributed by atoms with Gasteiger partial charge in [0.1, 0.15) is 11.1 Å². The Morgan fingerprint density at radius 3 is 1.25 bits per heavy atom. The van der Waals surface area contributed by atoms with Crippen molar-refractivity contribution in [2.75, 3.05) is 0 Å². The van der Waals surface area contributed by atoms with Crippen molar-refractivity contribution >= 4 is 9.90 Å². The molecule has 0 bridgehead atoms. The fraction of sp³-hybridized carbons (Fsp3) is 0. The Balaban J connectivity index is 0. The Labute approximate surface area is 27.0 Å². The van der Waals surface area contributed by atoms with E-state index in [0.717, 1.165) is 0 Å². The molecule has 24 valence electrons. The van der Waals surface area contributed by atoms with E-state index in [1.807, 2.05) is 4.91 Å². The van der Waals surface area contributed by atoms with Crippen LogP contribution in [0.5, 0.6) is 0 Å². The summed E-state index contributed by atoms with van der Waals surface area (Å²) in [4.78, 5) is 2.00. The summed E-state index contributed by atoms with van der Waals surface area (Å²) in [5.41, 5.74) is 11.0. The van der Waals surface area contributed by atoms with E-state index < -0.39 is 0 Å². The van der Waals surface area contributed by atoms with Crippen molar-refractivity contribution in [3.05, 3.63) is 0 Å². The Morgan fingerprint density at radius 1 is 1.25 bits per heavy atom. The van der Waals surface area contributed by atoms with E-state index in [4.69, 9.17) is 11.1 Å². The van der Waals surface area contributed by atoms with Gasteiger partial charge in [0.15, 0.2) is 0 Å². The first kappa shape index (κ1) is 9.27. The molecule has 0 saturated heterocycles. The lowest BCUT2D eigenvalue weighted by Crippen LogP contribution is -1.24. The lowest BCUT2D eigenvalue weighted by atomic mass is 13.0. The van der Waals surface area contributed by atoms with Crippen LogP contribution < -0.4 is 4.91 Å². The van der Waals surface area contributed by atoms with E-state index in [0.29, 0.717) is 0 Å². The second-order valence-electron chi connectivity index (χ2n) is 0.112. The molecule has 0 aromatic rings. The van der Waals surface area contributed by atoms with E-state index in [2.05, 4.69) is 0 Å². The summed E-state index contributed by atoms with van der Waals surface area (Å²) in [5.74, 6) is 0. The summed E-state index contributed by atoms with van der Waals surface area (Å²) >= 11 is 0. The molecule has 2 N–H and O–H groups in total. The van der Waals surface area contributed by atoms with Crippen molar-refractivity contribution in [1.29, 1.82) is 11.1 Å². The van der Waals surface area contributed by atoms with Gasteiger partial charge in [-0.3, -0.25) is 0 Å². The van der Waals surface area contributed by atoms with Gasteiger partial charge >= 0.3 is 0 Å². The SMILES string of the molecule is N=[N+]=N.P. The Bertz CT molecular complexity index is 24.3. The van der Waals surface area contributed by atoms with E-state index >= 15 is 0 Å². The summed E-state index contributed by atoms with van der Waals surface area (Å²) in [7, 11) is 0. The van der Waals surface area contributed by atoms with Crippen molar-refractivity contribution in [2.24, 2.45) is 0 Å². The first-order chi connectivity index (χ1) is 1.41. The lowest BCUT2D eigenvalue weighted by molar-refractivity contribution is 0.928. The van der Waals surface area contributed by atoms with E-state index in [1.165, 1.54) is 0 Å².